The van der Waals surface area contributed by atoms with Gasteiger partial charge in [0.15, 0.2) is 0 Å². The van der Waals surface area contributed by atoms with E-state index < -0.39 is 0 Å². The van der Waals surface area contributed by atoms with Gasteiger partial charge in [-0.1, -0.05) is 49.9 Å². The molecular formula is C15H24ClNO. The molecule has 1 aromatic carbocycles. The maximum Gasteiger partial charge on any atom is 0.0972 e. The summed E-state index contributed by atoms with van der Waals surface area (Å²) >= 11 is 5.89. The zero-order chi connectivity index (χ0) is 13.4. The van der Waals surface area contributed by atoms with Crippen LogP contribution in [0.15, 0.2) is 24.3 Å². The molecule has 0 spiro atoms. The standard InChI is InChI=1S/C15H24ClNO/c1-3-4-5-6-11-18-15(12(2)17)13-7-9-14(16)10-8-13/h7-10,12,15H,3-6,11,17H2,1-2H3. The van der Waals surface area contributed by atoms with Gasteiger partial charge in [-0.2, -0.15) is 0 Å². The molecule has 0 saturated carbocycles. The lowest BCUT2D eigenvalue weighted by Gasteiger charge is -2.22. The number of hydrogen-bond donors (Lipinski definition) is 1. The summed E-state index contributed by atoms with van der Waals surface area (Å²) in [6.45, 7) is 4.96. The molecule has 3 heteroatoms. The van der Waals surface area contributed by atoms with Gasteiger partial charge in [0.05, 0.1) is 6.10 Å². The van der Waals surface area contributed by atoms with Crippen LogP contribution >= 0.6 is 11.6 Å². The molecule has 0 aromatic heterocycles. The van der Waals surface area contributed by atoms with Crippen molar-refractivity contribution in [2.24, 2.45) is 5.73 Å². The summed E-state index contributed by atoms with van der Waals surface area (Å²) in [5.41, 5.74) is 7.09. The maximum atomic E-state index is 5.99. The second kappa shape index (κ2) is 8.52. The Hall–Kier alpha value is -0.570. The Labute approximate surface area is 115 Å². The minimum absolute atomic E-state index is 0.0163. The van der Waals surface area contributed by atoms with E-state index in [0.717, 1.165) is 23.6 Å². The third-order valence-corrected chi connectivity index (χ3v) is 3.22. The predicted octanol–water partition coefficient (Wildman–Crippen LogP) is 4.33. The predicted molar refractivity (Wildman–Crippen MR) is 77.9 cm³/mol. The van der Waals surface area contributed by atoms with Crippen LogP contribution in [0.4, 0.5) is 0 Å². The van der Waals surface area contributed by atoms with Crippen LogP contribution < -0.4 is 5.73 Å². The van der Waals surface area contributed by atoms with E-state index >= 15 is 0 Å². The highest BCUT2D eigenvalue weighted by Gasteiger charge is 2.16. The first-order valence-electron chi connectivity index (χ1n) is 6.77. The normalized spacial score (nSPS) is 14.4. The molecule has 2 N–H and O–H groups in total. The average Bonchev–Trinajstić information content (AvgIpc) is 2.35. The van der Waals surface area contributed by atoms with Gasteiger partial charge in [-0.05, 0) is 31.0 Å². The summed E-state index contributed by atoms with van der Waals surface area (Å²) < 4.78 is 5.91. The Morgan fingerprint density at radius 3 is 2.39 bits per heavy atom. The van der Waals surface area contributed by atoms with Gasteiger partial charge < -0.3 is 10.5 Å². The molecule has 0 radical (unpaired) electrons. The van der Waals surface area contributed by atoms with Gasteiger partial charge in [0.25, 0.3) is 0 Å². The summed E-state index contributed by atoms with van der Waals surface area (Å²) in [6.07, 6.45) is 4.80. The molecule has 1 rings (SSSR count). The second-order valence-electron chi connectivity index (χ2n) is 4.76. The molecular weight excluding hydrogens is 246 g/mol. The third-order valence-electron chi connectivity index (χ3n) is 2.97. The van der Waals surface area contributed by atoms with Crippen molar-refractivity contribution in [2.45, 2.75) is 51.7 Å². The van der Waals surface area contributed by atoms with E-state index in [-0.39, 0.29) is 12.1 Å². The van der Waals surface area contributed by atoms with Crippen molar-refractivity contribution in [3.8, 4) is 0 Å². The molecule has 102 valence electrons. The molecule has 2 atom stereocenters. The molecule has 0 bridgehead atoms. The number of unbranched alkanes of at least 4 members (excludes halogenated alkanes) is 3. The highest BCUT2D eigenvalue weighted by molar-refractivity contribution is 6.30. The lowest BCUT2D eigenvalue weighted by molar-refractivity contribution is 0.0359. The van der Waals surface area contributed by atoms with E-state index in [9.17, 15) is 0 Å². The maximum absolute atomic E-state index is 5.99. The molecule has 0 aliphatic heterocycles. The first-order valence-corrected chi connectivity index (χ1v) is 7.15. The van der Waals surface area contributed by atoms with Crippen molar-refractivity contribution in [3.05, 3.63) is 34.9 Å². The average molecular weight is 270 g/mol. The molecule has 0 heterocycles. The Balaban J connectivity index is 2.47. The quantitative estimate of drug-likeness (QED) is 0.713. The van der Waals surface area contributed by atoms with Crippen LogP contribution in [0.25, 0.3) is 0 Å². The third kappa shape index (κ3) is 5.38. The number of benzene rings is 1. The van der Waals surface area contributed by atoms with Crippen LogP contribution in [0.3, 0.4) is 0 Å². The summed E-state index contributed by atoms with van der Waals surface area (Å²) in [5.74, 6) is 0. The summed E-state index contributed by atoms with van der Waals surface area (Å²) in [6, 6.07) is 7.72. The van der Waals surface area contributed by atoms with Gasteiger partial charge in [-0.3, -0.25) is 0 Å². The van der Waals surface area contributed by atoms with Gasteiger partial charge in [0.2, 0.25) is 0 Å². The molecule has 0 aliphatic rings. The minimum atomic E-state index is -0.0381. The van der Waals surface area contributed by atoms with E-state index in [1.807, 2.05) is 31.2 Å². The van der Waals surface area contributed by atoms with Crippen LogP contribution in [0.1, 0.15) is 51.2 Å². The molecule has 0 amide bonds. The largest absolute Gasteiger partial charge is 0.372 e. The molecule has 2 nitrogen and oxygen atoms in total. The van der Waals surface area contributed by atoms with E-state index in [1.54, 1.807) is 0 Å². The first-order chi connectivity index (χ1) is 8.65. The summed E-state index contributed by atoms with van der Waals surface area (Å²) in [4.78, 5) is 0. The Bertz CT molecular complexity index is 324. The highest BCUT2D eigenvalue weighted by atomic mass is 35.5. The van der Waals surface area contributed by atoms with Gasteiger partial charge in [-0.25, -0.2) is 0 Å². The molecule has 18 heavy (non-hydrogen) atoms. The number of ether oxygens (including phenoxy) is 1. The van der Waals surface area contributed by atoms with Crippen LogP contribution in [-0.4, -0.2) is 12.6 Å². The lowest BCUT2D eigenvalue weighted by atomic mass is 10.0. The van der Waals surface area contributed by atoms with Crippen molar-refractivity contribution >= 4 is 11.6 Å². The summed E-state index contributed by atoms with van der Waals surface area (Å²) in [5, 5.41) is 0.741. The summed E-state index contributed by atoms with van der Waals surface area (Å²) in [7, 11) is 0. The molecule has 1 aromatic rings. The van der Waals surface area contributed by atoms with Crippen LogP contribution in [0.5, 0.6) is 0 Å². The van der Waals surface area contributed by atoms with Crippen molar-refractivity contribution in [2.75, 3.05) is 6.61 Å². The van der Waals surface area contributed by atoms with Crippen molar-refractivity contribution in [3.63, 3.8) is 0 Å². The number of nitrogens with two attached hydrogens (primary N) is 1. The second-order valence-corrected chi connectivity index (χ2v) is 5.20. The molecule has 0 fully saturated rings. The molecule has 0 aliphatic carbocycles. The number of rotatable bonds is 8. The van der Waals surface area contributed by atoms with E-state index in [4.69, 9.17) is 22.1 Å². The van der Waals surface area contributed by atoms with Crippen LogP contribution in [-0.2, 0) is 4.74 Å². The highest BCUT2D eigenvalue weighted by Crippen LogP contribution is 2.22. The Kier molecular flexibility index (Phi) is 7.33. The zero-order valence-electron chi connectivity index (χ0n) is 11.4. The Morgan fingerprint density at radius 2 is 1.83 bits per heavy atom. The minimum Gasteiger partial charge on any atom is -0.372 e. The SMILES string of the molecule is CCCCCCOC(c1ccc(Cl)cc1)C(C)N. The fourth-order valence-corrected chi connectivity index (χ4v) is 2.07. The van der Waals surface area contributed by atoms with E-state index in [2.05, 4.69) is 6.92 Å². The van der Waals surface area contributed by atoms with Gasteiger partial charge in [0, 0.05) is 17.7 Å². The molecule has 2 unspecified atom stereocenters. The number of hydrogen-bond acceptors (Lipinski definition) is 2. The van der Waals surface area contributed by atoms with Gasteiger partial charge in [0.1, 0.15) is 0 Å². The van der Waals surface area contributed by atoms with Crippen molar-refractivity contribution < 1.29 is 4.74 Å². The van der Waals surface area contributed by atoms with Crippen LogP contribution in [0.2, 0.25) is 5.02 Å². The number of halogens is 1. The Morgan fingerprint density at radius 1 is 1.17 bits per heavy atom. The smallest absolute Gasteiger partial charge is 0.0972 e. The van der Waals surface area contributed by atoms with E-state index in [1.165, 1.54) is 19.3 Å². The first kappa shape index (κ1) is 15.5. The molecule has 0 saturated heterocycles. The fraction of sp³-hybridized carbons (Fsp3) is 0.600. The van der Waals surface area contributed by atoms with Gasteiger partial charge >= 0.3 is 0 Å². The monoisotopic (exact) mass is 269 g/mol. The van der Waals surface area contributed by atoms with Crippen LogP contribution in [0, 0.1) is 0 Å². The van der Waals surface area contributed by atoms with Gasteiger partial charge in [-0.15, -0.1) is 0 Å². The topological polar surface area (TPSA) is 35.2 Å². The fourth-order valence-electron chi connectivity index (χ4n) is 1.94. The van der Waals surface area contributed by atoms with Crippen molar-refractivity contribution in [1.29, 1.82) is 0 Å². The van der Waals surface area contributed by atoms with Crippen molar-refractivity contribution in [1.82, 2.24) is 0 Å². The van der Waals surface area contributed by atoms with E-state index in [0.29, 0.717) is 0 Å². The lowest BCUT2D eigenvalue weighted by Crippen LogP contribution is -2.27. The zero-order valence-corrected chi connectivity index (χ0v) is 12.1.